The molecular weight excluding hydrogens is 230 g/mol. The van der Waals surface area contributed by atoms with E-state index < -0.39 is 11.9 Å². The molecular formula is C11H8ClNO3. The highest BCUT2D eigenvalue weighted by atomic mass is 35.5. The highest BCUT2D eigenvalue weighted by Crippen LogP contribution is 2.20. The Morgan fingerprint density at radius 2 is 2.12 bits per heavy atom. The minimum atomic E-state index is -1.12. The number of hydrogen-bond acceptors (Lipinski definition) is 2. The van der Waals surface area contributed by atoms with Crippen molar-refractivity contribution in [2.45, 2.75) is 6.42 Å². The fourth-order valence-electron chi connectivity index (χ4n) is 1.02. The van der Waals surface area contributed by atoms with Gasteiger partial charge in [-0.15, -0.1) is 0 Å². The van der Waals surface area contributed by atoms with Crippen molar-refractivity contribution in [1.29, 1.82) is 0 Å². The Hall–Kier alpha value is -1.99. The Bertz CT molecular complexity index is 500. The van der Waals surface area contributed by atoms with E-state index in [2.05, 4.69) is 11.8 Å². The SMILES string of the molecule is NC(=O)CC#Cc1cccc(C(=O)O)c1Cl. The summed E-state index contributed by atoms with van der Waals surface area (Å²) in [6, 6.07) is 4.48. The summed E-state index contributed by atoms with van der Waals surface area (Å²) in [5.41, 5.74) is 5.25. The fraction of sp³-hybridized carbons (Fsp3) is 0.0909. The molecule has 1 rings (SSSR count). The quantitative estimate of drug-likeness (QED) is 0.760. The van der Waals surface area contributed by atoms with Crippen molar-refractivity contribution in [2.75, 3.05) is 0 Å². The molecule has 0 saturated carbocycles. The third-order valence-electron chi connectivity index (χ3n) is 1.71. The van der Waals surface area contributed by atoms with Gasteiger partial charge in [-0.05, 0) is 12.1 Å². The van der Waals surface area contributed by atoms with Crippen molar-refractivity contribution >= 4 is 23.5 Å². The van der Waals surface area contributed by atoms with Crippen molar-refractivity contribution < 1.29 is 14.7 Å². The molecule has 3 N–H and O–H groups in total. The molecule has 0 bridgehead atoms. The van der Waals surface area contributed by atoms with Crippen LogP contribution in [0.25, 0.3) is 0 Å². The van der Waals surface area contributed by atoms with Gasteiger partial charge in [-0.3, -0.25) is 4.79 Å². The lowest BCUT2D eigenvalue weighted by Gasteiger charge is -1.99. The molecule has 82 valence electrons. The first-order valence-electron chi connectivity index (χ1n) is 4.31. The summed E-state index contributed by atoms with van der Waals surface area (Å²) in [5.74, 6) is 3.43. The van der Waals surface area contributed by atoms with Gasteiger partial charge in [0.1, 0.15) is 0 Å². The normalized spacial score (nSPS) is 9.06. The molecule has 1 aromatic carbocycles. The van der Waals surface area contributed by atoms with Crippen LogP contribution in [0.15, 0.2) is 18.2 Å². The average Bonchev–Trinajstić information content (AvgIpc) is 2.19. The lowest BCUT2D eigenvalue weighted by Crippen LogP contribution is -2.08. The number of halogens is 1. The summed E-state index contributed by atoms with van der Waals surface area (Å²) in [4.78, 5) is 21.2. The molecule has 0 heterocycles. The molecule has 0 unspecified atom stereocenters. The van der Waals surface area contributed by atoms with Crippen LogP contribution in [0.2, 0.25) is 5.02 Å². The molecule has 0 fully saturated rings. The van der Waals surface area contributed by atoms with Gasteiger partial charge in [-0.2, -0.15) is 0 Å². The number of carboxylic acids is 1. The first-order valence-corrected chi connectivity index (χ1v) is 4.69. The van der Waals surface area contributed by atoms with E-state index in [-0.39, 0.29) is 17.0 Å². The number of primary amides is 1. The number of carbonyl (C=O) groups excluding carboxylic acids is 1. The van der Waals surface area contributed by atoms with Crippen LogP contribution in [-0.2, 0) is 4.79 Å². The topological polar surface area (TPSA) is 80.4 Å². The molecule has 5 heteroatoms. The maximum atomic E-state index is 10.7. The second-order valence-corrected chi connectivity index (χ2v) is 3.30. The maximum Gasteiger partial charge on any atom is 0.337 e. The van der Waals surface area contributed by atoms with Gasteiger partial charge in [0.15, 0.2) is 0 Å². The van der Waals surface area contributed by atoms with Crippen LogP contribution in [0.1, 0.15) is 22.3 Å². The van der Waals surface area contributed by atoms with Crippen LogP contribution in [0, 0.1) is 11.8 Å². The lowest BCUT2D eigenvalue weighted by atomic mass is 10.1. The van der Waals surface area contributed by atoms with Gasteiger partial charge in [-0.25, -0.2) is 4.79 Å². The van der Waals surface area contributed by atoms with Crippen LogP contribution in [0.4, 0.5) is 0 Å². The van der Waals surface area contributed by atoms with E-state index in [9.17, 15) is 9.59 Å². The van der Waals surface area contributed by atoms with Crippen molar-refractivity contribution in [3.8, 4) is 11.8 Å². The standard InChI is InChI=1S/C11H8ClNO3/c12-10-7(4-2-6-9(13)14)3-1-5-8(10)11(15)16/h1,3,5H,6H2,(H2,13,14)(H,15,16). The summed E-state index contributed by atoms with van der Waals surface area (Å²) in [5, 5.41) is 8.86. The number of benzene rings is 1. The molecule has 1 amide bonds. The van der Waals surface area contributed by atoms with Crippen LogP contribution in [0.5, 0.6) is 0 Å². The molecule has 0 aromatic heterocycles. The smallest absolute Gasteiger partial charge is 0.337 e. The lowest BCUT2D eigenvalue weighted by molar-refractivity contribution is -0.117. The Morgan fingerprint density at radius 3 is 2.69 bits per heavy atom. The van der Waals surface area contributed by atoms with Crippen LogP contribution >= 0.6 is 11.6 Å². The van der Waals surface area contributed by atoms with Crippen LogP contribution in [0.3, 0.4) is 0 Å². The first kappa shape index (κ1) is 12.1. The van der Waals surface area contributed by atoms with Gasteiger partial charge in [0.2, 0.25) is 5.91 Å². The fourth-order valence-corrected chi connectivity index (χ4v) is 1.27. The third-order valence-corrected chi connectivity index (χ3v) is 2.12. The molecule has 0 atom stereocenters. The highest BCUT2D eigenvalue weighted by Gasteiger charge is 2.10. The van der Waals surface area contributed by atoms with E-state index in [1.54, 1.807) is 6.07 Å². The average molecular weight is 238 g/mol. The number of aromatic carboxylic acids is 1. The van der Waals surface area contributed by atoms with Gasteiger partial charge in [0.25, 0.3) is 0 Å². The number of carboxylic acid groups (broad SMARTS) is 1. The second kappa shape index (κ2) is 5.19. The first-order chi connectivity index (χ1) is 7.52. The number of nitrogens with two attached hydrogens (primary N) is 1. The predicted octanol–water partition coefficient (Wildman–Crippen LogP) is 1.27. The Morgan fingerprint density at radius 1 is 1.44 bits per heavy atom. The minimum absolute atomic E-state index is 0.0208. The summed E-state index contributed by atoms with van der Waals surface area (Å²) >= 11 is 5.82. The Labute approximate surface area is 97.0 Å². The molecule has 0 aliphatic heterocycles. The number of hydrogen-bond donors (Lipinski definition) is 2. The van der Waals surface area contributed by atoms with E-state index in [1.165, 1.54) is 12.1 Å². The Kier molecular flexibility index (Phi) is 3.92. The number of carbonyl (C=O) groups is 2. The molecule has 0 aliphatic rings. The zero-order valence-electron chi connectivity index (χ0n) is 8.16. The van der Waals surface area contributed by atoms with E-state index in [1.807, 2.05) is 0 Å². The maximum absolute atomic E-state index is 10.7. The number of amides is 1. The highest BCUT2D eigenvalue weighted by molar-refractivity contribution is 6.34. The van der Waals surface area contributed by atoms with Crippen LogP contribution < -0.4 is 5.73 Å². The second-order valence-electron chi connectivity index (χ2n) is 2.92. The summed E-state index contributed by atoms with van der Waals surface area (Å²) in [6.45, 7) is 0. The predicted molar refractivity (Wildman–Crippen MR) is 59.1 cm³/mol. The van der Waals surface area contributed by atoms with Crippen molar-refractivity contribution in [2.24, 2.45) is 5.73 Å². The molecule has 0 spiro atoms. The molecule has 0 radical (unpaired) electrons. The van der Waals surface area contributed by atoms with Crippen molar-refractivity contribution in [1.82, 2.24) is 0 Å². The van der Waals surface area contributed by atoms with Gasteiger partial charge in [-0.1, -0.05) is 29.5 Å². The van der Waals surface area contributed by atoms with E-state index in [4.69, 9.17) is 22.4 Å². The zero-order chi connectivity index (χ0) is 12.1. The zero-order valence-corrected chi connectivity index (χ0v) is 8.91. The van der Waals surface area contributed by atoms with E-state index >= 15 is 0 Å². The molecule has 1 aromatic rings. The van der Waals surface area contributed by atoms with Gasteiger partial charge in [0, 0.05) is 5.56 Å². The third kappa shape index (κ3) is 3.01. The monoisotopic (exact) mass is 237 g/mol. The summed E-state index contributed by atoms with van der Waals surface area (Å²) in [7, 11) is 0. The van der Waals surface area contributed by atoms with E-state index in [0.717, 1.165) is 0 Å². The molecule has 0 aliphatic carbocycles. The molecule has 4 nitrogen and oxygen atoms in total. The van der Waals surface area contributed by atoms with Gasteiger partial charge in [0.05, 0.1) is 17.0 Å². The van der Waals surface area contributed by atoms with Crippen molar-refractivity contribution in [3.63, 3.8) is 0 Å². The number of rotatable bonds is 2. The van der Waals surface area contributed by atoms with Gasteiger partial charge < -0.3 is 10.8 Å². The minimum Gasteiger partial charge on any atom is -0.478 e. The van der Waals surface area contributed by atoms with Crippen LogP contribution in [-0.4, -0.2) is 17.0 Å². The largest absolute Gasteiger partial charge is 0.478 e. The van der Waals surface area contributed by atoms with E-state index in [0.29, 0.717) is 5.56 Å². The van der Waals surface area contributed by atoms with Crippen molar-refractivity contribution in [3.05, 3.63) is 34.3 Å². The Balaban J connectivity index is 3.05. The summed E-state index contributed by atoms with van der Waals surface area (Å²) in [6.07, 6.45) is -0.0897. The molecule has 16 heavy (non-hydrogen) atoms. The summed E-state index contributed by atoms with van der Waals surface area (Å²) < 4.78 is 0. The van der Waals surface area contributed by atoms with Gasteiger partial charge >= 0.3 is 5.97 Å². The molecule has 0 saturated heterocycles.